The first-order valence-electron chi connectivity index (χ1n) is 4.87. The summed E-state index contributed by atoms with van der Waals surface area (Å²) in [5.41, 5.74) is 1.32. The first-order chi connectivity index (χ1) is 7.48. The number of allylic oxidation sites excluding steroid dienone is 2. The van der Waals surface area contributed by atoms with Crippen LogP contribution in [0.2, 0.25) is 0 Å². The van der Waals surface area contributed by atoms with Gasteiger partial charge in [-0.25, -0.2) is 18.2 Å². The second kappa shape index (κ2) is 4.20. The highest BCUT2D eigenvalue weighted by Gasteiger charge is 2.31. The number of halogens is 4. The lowest BCUT2D eigenvalue weighted by Crippen LogP contribution is -2.18. The Morgan fingerprint density at radius 3 is 2.62 bits per heavy atom. The van der Waals surface area contributed by atoms with Crippen molar-refractivity contribution in [1.82, 2.24) is 4.98 Å². The summed E-state index contributed by atoms with van der Waals surface area (Å²) in [5.74, 6) is -3.06. The molecule has 0 unspecified atom stereocenters. The summed E-state index contributed by atoms with van der Waals surface area (Å²) < 4.78 is 38.9. The molecule has 0 aromatic carbocycles. The topological polar surface area (TPSA) is 12.9 Å². The van der Waals surface area contributed by atoms with Gasteiger partial charge in [0.25, 0.3) is 5.92 Å². The molecule has 0 atom stereocenters. The van der Waals surface area contributed by atoms with E-state index >= 15 is 0 Å². The van der Waals surface area contributed by atoms with Crippen LogP contribution in [-0.4, -0.2) is 10.9 Å². The zero-order valence-electron chi connectivity index (χ0n) is 8.31. The summed E-state index contributed by atoms with van der Waals surface area (Å²) in [5, 5.41) is 0. The third-order valence-electron chi connectivity index (χ3n) is 2.54. The maximum absolute atomic E-state index is 12.9. The van der Waals surface area contributed by atoms with E-state index in [0.29, 0.717) is 5.69 Å². The van der Waals surface area contributed by atoms with E-state index in [1.54, 1.807) is 0 Å². The van der Waals surface area contributed by atoms with E-state index in [9.17, 15) is 13.2 Å². The molecular formula is C11H9BrF3N. The van der Waals surface area contributed by atoms with Crippen molar-refractivity contribution in [2.75, 3.05) is 0 Å². The summed E-state index contributed by atoms with van der Waals surface area (Å²) in [7, 11) is 0. The predicted octanol–water partition coefficient (Wildman–Crippen LogP) is 4.19. The molecule has 1 aliphatic rings. The van der Waals surface area contributed by atoms with Crippen molar-refractivity contribution in [2.24, 2.45) is 0 Å². The van der Waals surface area contributed by atoms with Crippen molar-refractivity contribution in [3.8, 4) is 0 Å². The van der Waals surface area contributed by atoms with Crippen LogP contribution in [0.5, 0.6) is 0 Å². The molecule has 86 valence electrons. The van der Waals surface area contributed by atoms with E-state index in [2.05, 4.69) is 20.9 Å². The molecule has 0 aliphatic heterocycles. The molecule has 0 saturated carbocycles. The smallest absolute Gasteiger partial charge is 0.238 e. The number of nitrogens with zero attached hydrogens (tertiary/aromatic N) is 1. The van der Waals surface area contributed by atoms with Gasteiger partial charge in [-0.1, -0.05) is 6.08 Å². The van der Waals surface area contributed by atoms with Gasteiger partial charge in [-0.05, 0) is 40.1 Å². The molecule has 0 N–H and O–H groups in total. The minimum absolute atomic E-state index is 0.114. The Hall–Kier alpha value is -0.840. The van der Waals surface area contributed by atoms with Gasteiger partial charge in [0.1, 0.15) is 4.60 Å². The number of hydrogen-bond acceptors (Lipinski definition) is 1. The second-order valence-corrected chi connectivity index (χ2v) is 4.51. The summed E-state index contributed by atoms with van der Waals surface area (Å²) in [6, 6.07) is 2.79. The lowest BCUT2D eigenvalue weighted by molar-refractivity contribution is -0.00605. The average molecular weight is 292 g/mol. The average Bonchev–Trinajstić information content (AvgIpc) is 2.22. The molecule has 1 nitrogen and oxygen atoms in total. The number of aromatic nitrogens is 1. The summed E-state index contributed by atoms with van der Waals surface area (Å²) in [6.45, 7) is 0. The largest absolute Gasteiger partial charge is 0.251 e. The van der Waals surface area contributed by atoms with Gasteiger partial charge in [-0.15, -0.1) is 0 Å². The van der Waals surface area contributed by atoms with Crippen molar-refractivity contribution in [3.05, 3.63) is 34.3 Å². The van der Waals surface area contributed by atoms with Crippen LogP contribution in [0.1, 0.15) is 25.0 Å². The Balaban J connectivity index is 2.26. The summed E-state index contributed by atoms with van der Waals surface area (Å²) >= 11 is 2.97. The molecule has 0 amide bonds. The Morgan fingerprint density at radius 1 is 1.31 bits per heavy atom. The van der Waals surface area contributed by atoms with Crippen LogP contribution < -0.4 is 0 Å². The molecule has 0 fully saturated rings. The Labute approximate surface area is 99.5 Å². The molecular weight excluding hydrogens is 283 g/mol. The van der Waals surface area contributed by atoms with Crippen molar-refractivity contribution in [1.29, 1.82) is 0 Å². The van der Waals surface area contributed by atoms with Crippen molar-refractivity contribution in [3.63, 3.8) is 0 Å². The second-order valence-electron chi connectivity index (χ2n) is 3.76. The van der Waals surface area contributed by atoms with Gasteiger partial charge < -0.3 is 0 Å². The standard InChI is InChI=1S/C11H9BrF3N/c12-10-8(13)1-2-9(16-10)7-3-5-11(14,15)6-4-7/h1-3H,4-6H2. The van der Waals surface area contributed by atoms with Crippen LogP contribution in [0.4, 0.5) is 13.2 Å². The molecule has 1 heterocycles. The molecule has 0 radical (unpaired) electrons. The van der Waals surface area contributed by atoms with Crippen LogP contribution in [0.25, 0.3) is 5.57 Å². The van der Waals surface area contributed by atoms with E-state index < -0.39 is 11.7 Å². The molecule has 16 heavy (non-hydrogen) atoms. The lowest BCUT2D eigenvalue weighted by Gasteiger charge is -2.21. The minimum Gasteiger partial charge on any atom is -0.238 e. The van der Waals surface area contributed by atoms with E-state index in [0.717, 1.165) is 5.57 Å². The molecule has 1 aromatic heterocycles. The SMILES string of the molecule is Fc1ccc(C2=CCC(F)(F)CC2)nc1Br. The number of rotatable bonds is 1. The van der Waals surface area contributed by atoms with Crippen molar-refractivity contribution < 1.29 is 13.2 Å². The van der Waals surface area contributed by atoms with Crippen molar-refractivity contribution in [2.45, 2.75) is 25.2 Å². The highest BCUT2D eigenvalue weighted by molar-refractivity contribution is 9.10. The van der Waals surface area contributed by atoms with Crippen LogP contribution in [-0.2, 0) is 0 Å². The number of pyridine rings is 1. The van der Waals surface area contributed by atoms with E-state index in [1.165, 1.54) is 18.2 Å². The minimum atomic E-state index is -2.61. The number of alkyl halides is 2. The molecule has 0 bridgehead atoms. The fourth-order valence-electron chi connectivity index (χ4n) is 1.62. The van der Waals surface area contributed by atoms with Gasteiger partial charge in [-0.3, -0.25) is 0 Å². The predicted molar refractivity (Wildman–Crippen MR) is 58.7 cm³/mol. The molecule has 0 saturated heterocycles. The van der Waals surface area contributed by atoms with Crippen molar-refractivity contribution >= 4 is 21.5 Å². The Kier molecular flexibility index (Phi) is 3.06. The molecule has 1 aromatic rings. The Bertz CT molecular complexity index is 443. The van der Waals surface area contributed by atoms with E-state index in [-0.39, 0.29) is 23.9 Å². The zero-order valence-corrected chi connectivity index (χ0v) is 9.90. The molecule has 1 aliphatic carbocycles. The third-order valence-corrected chi connectivity index (χ3v) is 3.10. The first kappa shape index (κ1) is 11.6. The van der Waals surface area contributed by atoms with E-state index in [4.69, 9.17) is 0 Å². The van der Waals surface area contributed by atoms with Gasteiger partial charge in [0.15, 0.2) is 5.82 Å². The highest BCUT2D eigenvalue weighted by atomic mass is 79.9. The summed E-state index contributed by atoms with van der Waals surface area (Å²) in [4.78, 5) is 3.97. The van der Waals surface area contributed by atoms with Crippen LogP contribution >= 0.6 is 15.9 Å². The number of hydrogen-bond donors (Lipinski definition) is 0. The van der Waals surface area contributed by atoms with Gasteiger partial charge in [-0.2, -0.15) is 0 Å². The maximum Gasteiger partial charge on any atom is 0.251 e. The molecule has 0 spiro atoms. The lowest BCUT2D eigenvalue weighted by atomic mass is 9.94. The highest BCUT2D eigenvalue weighted by Crippen LogP contribution is 2.35. The third kappa shape index (κ3) is 2.45. The van der Waals surface area contributed by atoms with Gasteiger partial charge in [0.05, 0.1) is 5.69 Å². The van der Waals surface area contributed by atoms with Crippen LogP contribution in [0.15, 0.2) is 22.8 Å². The zero-order chi connectivity index (χ0) is 11.8. The van der Waals surface area contributed by atoms with Crippen LogP contribution in [0, 0.1) is 5.82 Å². The molecule has 2 rings (SSSR count). The fraction of sp³-hybridized carbons (Fsp3) is 0.364. The van der Waals surface area contributed by atoms with E-state index in [1.807, 2.05) is 0 Å². The fourth-order valence-corrected chi connectivity index (χ4v) is 1.95. The van der Waals surface area contributed by atoms with Gasteiger partial charge in [0.2, 0.25) is 0 Å². The quantitative estimate of drug-likeness (QED) is 0.707. The Morgan fingerprint density at radius 2 is 2.06 bits per heavy atom. The maximum atomic E-state index is 12.9. The molecule has 5 heteroatoms. The monoisotopic (exact) mass is 291 g/mol. The normalized spacial score (nSPS) is 19.4. The van der Waals surface area contributed by atoms with Gasteiger partial charge in [0, 0.05) is 12.8 Å². The first-order valence-corrected chi connectivity index (χ1v) is 5.66. The summed E-state index contributed by atoms with van der Waals surface area (Å²) in [6.07, 6.45) is 1.32. The van der Waals surface area contributed by atoms with Gasteiger partial charge >= 0.3 is 0 Å². The van der Waals surface area contributed by atoms with Crippen LogP contribution in [0.3, 0.4) is 0 Å².